The Morgan fingerprint density at radius 2 is 1.86 bits per heavy atom. The second-order valence-electron chi connectivity index (χ2n) is 7.29. The number of ether oxygens (including phenoxy) is 1. The van der Waals surface area contributed by atoms with Crippen LogP contribution in [0.3, 0.4) is 0 Å². The number of benzene rings is 1. The van der Waals surface area contributed by atoms with Crippen molar-refractivity contribution in [2.75, 3.05) is 17.7 Å². The molecule has 0 radical (unpaired) electrons. The highest BCUT2D eigenvalue weighted by Crippen LogP contribution is 2.36. The van der Waals surface area contributed by atoms with Crippen LogP contribution in [0.4, 0.5) is 5.69 Å². The van der Waals surface area contributed by atoms with Gasteiger partial charge >= 0.3 is 0 Å². The summed E-state index contributed by atoms with van der Waals surface area (Å²) < 4.78 is 30.6. The van der Waals surface area contributed by atoms with Crippen LogP contribution in [0, 0.1) is 0 Å². The van der Waals surface area contributed by atoms with Gasteiger partial charge in [-0.25, -0.2) is 8.42 Å². The Labute approximate surface area is 170 Å². The van der Waals surface area contributed by atoms with E-state index in [0.29, 0.717) is 5.69 Å². The predicted molar refractivity (Wildman–Crippen MR) is 106 cm³/mol. The molecule has 1 aliphatic carbocycles. The van der Waals surface area contributed by atoms with E-state index >= 15 is 0 Å². The van der Waals surface area contributed by atoms with Crippen LogP contribution in [0.2, 0.25) is 5.02 Å². The van der Waals surface area contributed by atoms with E-state index in [1.165, 1.54) is 31.4 Å². The smallest absolute Gasteiger partial charge is 0.262 e. The van der Waals surface area contributed by atoms with Crippen molar-refractivity contribution in [2.45, 2.75) is 62.3 Å². The molecule has 0 aromatic heterocycles. The molecular weight excluding hydrogens is 404 g/mol. The molecule has 0 saturated heterocycles. The lowest BCUT2D eigenvalue weighted by Crippen LogP contribution is -2.36. The van der Waals surface area contributed by atoms with Gasteiger partial charge in [0.1, 0.15) is 5.75 Å². The first kappa shape index (κ1) is 20.9. The maximum atomic E-state index is 12.7. The fraction of sp³-hybridized carbons (Fsp3) is 0.579. The van der Waals surface area contributed by atoms with Crippen LogP contribution in [-0.4, -0.2) is 38.6 Å². The molecule has 1 aliphatic heterocycles. The minimum absolute atomic E-state index is 0.00928. The Morgan fingerprint density at radius 1 is 1.18 bits per heavy atom. The molecule has 1 fully saturated rings. The van der Waals surface area contributed by atoms with E-state index in [0.717, 1.165) is 25.7 Å². The van der Waals surface area contributed by atoms with Gasteiger partial charge < -0.3 is 15.4 Å². The van der Waals surface area contributed by atoms with Crippen LogP contribution >= 0.6 is 11.6 Å². The van der Waals surface area contributed by atoms with Gasteiger partial charge in [-0.1, -0.05) is 43.7 Å². The highest BCUT2D eigenvalue weighted by atomic mass is 35.5. The van der Waals surface area contributed by atoms with Crippen LogP contribution in [0.15, 0.2) is 17.0 Å². The first-order valence-corrected chi connectivity index (χ1v) is 11.7. The van der Waals surface area contributed by atoms with Crippen LogP contribution in [0.1, 0.15) is 51.4 Å². The number of rotatable bonds is 5. The van der Waals surface area contributed by atoms with Gasteiger partial charge in [-0.2, -0.15) is 0 Å². The van der Waals surface area contributed by atoms with Gasteiger partial charge in [0.15, 0.2) is 16.4 Å². The molecule has 0 spiro atoms. The van der Waals surface area contributed by atoms with Crippen molar-refractivity contribution in [1.82, 2.24) is 5.32 Å². The highest BCUT2D eigenvalue weighted by Gasteiger charge is 2.25. The topological polar surface area (TPSA) is 102 Å². The van der Waals surface area contributed by atoms with E-state index in [1.807, 2.05) is 0 Å². The lowest BCUT2D eigenvalue weighted by atomic mass is 9.97. The van der Waals surface area contributed by atoms with Gasteiger partial charge in [-0.15, -0.1) is 0 Å². The summed E-state index contributed by atoms with van der Waals surface area (Å²) in [7, 11) is -3.77. The fourth-order valence-electron chi connectivity index (χ4n) is 3.56. The molecule has 0 atom stereocenters. The third kappa shape index (κ3) is 5.38. The summed E-state index contributed by atoms with van der Waals surface area (Å²) in [5, 5.41) is 5.54. The lowest BCUT2D eigenvalue weighted by molar-refractivity contribution is -0.121. The van der Waals surface area contributed by atoms with Crippen LogP contribution in [0.25, 0.3) is 0 Å². The summed E-state index contributed by atoms with van der Waals surface area (Å²) in [5.41, 5.74) is 0.335. The zero-order valence-electron chi connectivity index (χ0n) is 15.6. The molecule has 154 valence electrons. The van der Waals surface area contributed by atoms with Gasteiger partial charge in [-0.3, -0.25) is 9.59 Å². The molecule has 1 aromatic rings. The van der Waals surface area contributed by atoms with Crippen molar-refractivity contribution >= 4 is 38.9 Å². The quantitative estimate of drug-likeness (QED) is 0.750. The van der Waals surface area contributed by atoms with Crippen LogP contribution < -0.4 is 15.4 Å². The molecule has 2 amide bonds. The Bertz CT molecular complexity index is 848. The molecule has 7 nitrogen and oxygen atoms in total. The molecule has 3 rings (SSSR count). The van der Waals surface area contributed by atoms with E-state index in [2.05, 4.69) is 10.6 Å². The SMILES string of the molecule is O=C1COc2cc(S(=O)(=O)CCC(=O)NC3CCCCCCC3)c(Cl)cc2N1. The van der Waals surface area contributed by atoms with Crippen LogP contribution in [0.5, 0.6) is 5.75 Å². The van der Waals surface area contributed by atoms with Crippen molar-refractivity contribution in [3.8, 4) is 5.75 Å². The minimum atomic E-state index is -3.77. The number of amides is 2. The molecule has 2 aliphatic rings. The van der Waals surface area contributed by atoms with E-state index in [9.17, 15) is 18.0 Å². The molecular formula is C19H25ClN2O5S. The van der Waals surface area contributed by atoms with Crippen molar-refractivity contribution in [3.63, 3.8) is 0 Å². The van der Waals surface area contributed by atoms with Gasteiger partial charge in [0.05, 0.1) is 21.4 Å². The van der Waals surface area contributed by atoms with Gasteiger partial charge in [0.25, 0.3) is 5.91 Å². The van der Waals surface area contributed by atoms with Crippen molar-refractivity contribution in [3.05, 3.63) is 17.2 Å². The number of sulfone groups is 1. The van der Waals surface area contributed by atoms with E-state index in [-0.39, 0.29) is 52.3 Å². The maximum absolute atomic E-state index is 12.7. The average Bonchev–Trinajstić information content (AvgIpc) is 2.61. The zero-order chi connectivity index (χ0) is 20.1. The summed E-state index contributed by atoms with van der Waals surface area (Å²) in [6.45, 7) is -0.183. The second kappa shape index (κ2) is 9.13. The van der Waals surface area contributed by atoms with E-state index < -0.39 is 9.84 Å². The Kier molecular flexibility index (Phi) is 6.82. The number of fused-ring (bicyclic) bond motifs is 1. The first-order chi connectivity index (χ1) is 13.3. The largest absolute Gasteiger partial charge is 0.482 e. The van der Waals surface area contributed by atoms with Crippen molar-refractivity contribution in [2.24, 2.45) is 0 Å². The molecule has 1 aromatic carbocycles. The van der Waals surface area contributed by atoms with Gasteiger partial charge in [0.2, 0.25) is 5.91 Å². The average molecular weight is 429 g/mol. The summed E-state index contributed by atoms with van der Waals surface area (Å²) in [4.78, 5) is 23.5. The Morgan fingerprint density at radius 3 is 2.57 bits per heavy atom. The lowest BCUT2D eigenvalue weighted by Gasteiger charge is -2.21. The summed E-state index contributed by atoms with van der Waals surface area (Å²) >= 11 is 6.11. The third-order valence-electron chi connectivity index (χ3n) is 5.07. The summed E-state index contributed by atoms with van der Waals surface area (Å²) in [6, 6.07) is 2.79. The van der Waals surface area contributed by atoms with Gasteiger partial charge in [0, 0.05) is 18.5 Å². The number of hydrogen-bond acceptors (Lipinski definition) is 5. The molecule has 2 N–H and O–H groups in total. The fourth-order valence-corrected chi connectivity index (χ4v) is 5.39. The molecule has 1 heterocycles. The molecule has 28 heavy (non-hydrogen) atoms. The Balaban J connectivity index is 1.62. The Hall–Kier alpha value is -1.80. The first-order valence-electron chi connectivity index (χ1n) is 9.63. The van der Waals surface area contributed by atoms with Crippen molar-refractivity contribution < 1.29 is 22.7 Å². The number of nitrogens with one attached hydrogen (secondary N) is 2. The van der Waals surface area contributed by atoms with Crippen LogP contribution in [-0.2, 0) is 19.4 Å². The van der Waals surface area contributed by atoms with Gasteiger partial charge in [-0.05, 0) is 18.9 Å². The number of carbonyl (C=O) groups excluding carboxylic acids is 2. The predicted octanol–water partition coefficient (Wildman–Crippen LogP) is 3.06. The molecule has 0 bridgehead atoms. The number of halogens is 1. The number of anilines is 1. The third-order valence-corrected chi connectivity index (χ3v) is 7.24. The normalized spacial score (nSPS) is 18.2. The number of hydrogen-bond donors (Lipinski definition) is 2. The molecule has 9 heteroatoms. The van der Waals surface area contributed by atoms with E-state index in [1.54, 1.807) is 0 Å². The maximum Gasteiger partial charge on any atom is 0.262 e. The zero-order valence-corrected chi connectivity index (χ0v) is 17.2. The van der Waals surface area contributed by atoms with E-state index in [4.69, 9.17) is 16.3 Å². The second-order valence-corrected chi connectivity index (χ2v) is 9.78. The molecule has 1 saturated carbocycles. The highest BCUT2D eigenvalue weighted by molar-refractivity contribution is 7.91. The monoisotopic (exact) mass is 428 g/mol. The van der Waals surface area contributed by atoms with Crippen molar-refractivity contribution in [1.29, 1.82) is 0 Å². The molecule has 0 unspecified atom stereocenters. The summed E-state index contributed by atoms with van der Waals surface area (Å²) in [5.74, 6) is -0.672. The standard InChI is InChI=1S/C19H25ClN2O5S/c20-14-10-15-16(27-12-19(24)22-15)11-17(14)28(25,26)9-8-18(23)21-13-6-4-2-1-3-5-7-13/h10-11,13H,1-9,12H2,(H,21,23)(H,22,24). The minimum Gasteiger partial charge on any atom is -0.482 e. The number of carbonyl (C=O) groups is 2. The summed E-state index contributed by atoms with van der Waals surface area (Å²) in [6.07, 6.45) is 7.54.